The summed E-state index contributed by atoms with van der Waals surface area (Å²) in [5.74, 6) is 0.661. The van der Waals surface area contributed by atoms with Gasteiger partial charge in [0.15, 0.2) is 6.29 Å². The normalized spacial score (nSPS) is 14.2. The van der Waals surface area contributed by atoms with Crippen LogP contribution in [0.5, 0.6) is 0 Å². The molecule has 0 saturated heterocycles. The summed E-state index contributed by atoms with van der Waals surface area (Å²) < 4.78 is 0. The van der Waals surface area contributed by atoms with E-state index >= 15 is 0 Å². The van der Waals surface area contributed by atoms with Crippen LogP contribution in [0.3, 0.4) is 0 Å². The van der Waals surface area contributed by atoms with E-state index in [1.807, 2.05) is 37.3 Å². The van der Waals surface area contributed by atoms with Gasteiger partial charge in [-0.15, -0.1) is 11.8 Å². The van der Waals surface area contributed by atoms with E-state index in [4.69, 9.17) is 0 Å². The summed E-state index contributed by atoms with van der Waals surface area (Å²) in [4.78, 5) is 23.3. The van der Waals surface area contributed by atoms with Gasteiger partial charge < -0.3 is 4.79 Å². The minimum atomic E-state index is -0.434. The lowest BCUT2D eigenvalue weighted by Crippen LogP contribution is -2.22. The molecule has 0 aliphatic heterocycles. The number of aldehydes is 2. The van der Waals surface area contributed by atoms with E-state index in [9.17, 15) is 9.59 Å². The topological polar surface area (TPSA) is 34.1 Å². The number of hydrogen-bond donors (Lipinski definition) is 0. The van der Waals surface area contributed by atoms with Gasteiger partial charge in [0, 0.05) is 16.2 Å². The molecule has 0 aliphatic carbocycles. The Morgan fingerprint density at radius 3 is 2.53 bits per heavy atom. The second-order valence-corrected chi connectivity index (χ2v) is 5.48. The lowest BCUT2D eigenvalue weighted by Gasteiger charge is -2.22. The molecule has 3 heteroatoms. The van der Waals surface area contributed by atoms with Crippen molar-refractivity contribution in [1.29, 1.82) is 0 Å². The van der Waals surface area contributed by atoms with Gasteiger partial charge in [-0.3, -0.25) is 4.79 Å². The van der Waals surface area contributed by atoms with Crippen molar-refractivity contribution in [2.75, 3.05) is 5.75 Å². The molecule has 1 rings (SSSR count). The Hall–Kier alpha value is -1.35. The number of allylic oxidation sites excluding steroid dienone is 2. The molecule has 0 aliphatic rings. The number of carbonyl (C=O) groups is 2. The van der Waals surface area contributed by atoms with Crippen molar-refractivity contribution >= 4 is 24.3 Å². The molecule has 2 nitrogen and oxygen atoms in total. The van der Waals surface area contributed by atoms with E-state index in [1.165, 1.54) is 0 Å². The van der Waals surface area contributed by atoms with Crippen LogP contribution in [0.2, 0.25) is 0 Å². The van der Waals surface area contributed by atoms with E-state index in [0.29, 0.717) is 11.3 Å². The van der Waals surface area contributed by atoms with Crippen LogP contribution >= 0.6 is 11.8 Å². The second-order valence-electron chi connectivity index (χ2n) is 4.46. The zero-order valence-corrected chi connectivity index (χ0v) is 12.3. The number of thioether (sulfide) groups is 1. The fraction of sp³-hybridized carbons (Fsp3) is 0.375. The first-order chi connectivity index (χ1) is 9.21. The predicted octanol–water partition coefficient (Wildman–Crippen LogP) is 4.15. The van der Waals surface area contributed by atoms with Gasteiger partial charge in [0.25, 0.3) is 0 Å². The second kappa shape index (κ2) is 7.95. The van der Waals surface area contributed by atoms with Crippen molar-refractivity contribution in [2.45, 2.75) is 31.6 Å². The molecule has 0 saturated carbocycles. The SMILES string of the molecule is CCC=CC(C=O)(CC)CSc1ccccc1C=O. The Balaban J connectivity index is 2.84. The van der Waals surface area contributed by atoms with E-state index in [2.05, 4.69) is 6.92 Å². The molecule has 1 unspecified atom stereocenters. The summed E-state index contributed by atoms with van der Waals surface area (Å²) >= 11 is 1.56. The predicted molar refractivity (Wildman–Crippen MR) is 80.8 cm³/mol. The average molecular weight is 276 g/mol. The monoisotopic (exact) mass is 276 g/mol. The molecular weight excluding hydrogens is 256 g/mol. The van der Waals surface area contributed by atoms with Crippen LogP contribution in [0.4, 0.5) is 0 Å². The van der Waals surface area contributed by atoms with Gasteiger partial charge in [-0.05, 0) is 18.9 Å². The largest absolute Gasteiger partial charge is 0.302 e. The van der Waals surface area contributed by atoms with Crippen molar-refractivity contribution in [3.05, 3.63) is 42.0 Å². The molecule has 0 N–H and O–H groups in total. The van der Waals surface area contributed by atoms with Gasteiger partial charge in [-0.25, -0.2) is 0 Å². The molecule has 1 atom stereocenters. The third-order valence-electron chi connectivity index (χ3n) is 3.12. The molecule has 0 aromatic heterocycles. The third-order valence-corrected chi connectivity index (χ3v) is 4.49. The van der Waals surface area contributed by atoms with Gasteiger partial charge in [0.2, 0.25) is 0 Å². The molecule has 0 amide bonds. The van der Waals surface area contributed by atoms with Crippen molar-refractivity contribution in [3.63, 3.8) is 0 Å². The average Bonchev–Trinajstić information content (AvgIpc) is 2.48. The molecule has 1 aromatic carbocycles. The summed E-state index contributed by atoms with van der Waals surface area (Å²) in [6.07, 6.45) is 7.60. The van der Waals surface area contributed by atoms with Crippen LogP contribution in [0, 0.1) is 5.41 Å². The van der Waals surface area contributed by atoms with Crippen molar-refractivity contribution in [1.82, 2.24) is 0 Å². The highest BCUT2D eigenvalue weighted by atomic mass is 32.2. The Morgan fingerprint density at radius 1 is 1.21 bits per heavy atom. The lowest BCUT2D eigenvalue weighted by atomic mass is 9.88. The summed E-state index contributed by atoms with van der Waals surface area (Å²) in [5.41, 5.74) is 0.249. The number of rotatable bonds is 8. The number of benzene rings is 1. The first kappa shape index (κ1) is 15.7. The molecule has 0 spiro atoms. The summed E-state index contributed by atoms with van der Waals surface area (Å²) in [7, 11) is 0. The summed E-state index contributed by atoms with van der Waals surface area (Å²) in [6, 6.07) is 7.47. The zero-order valence-electron chi connectivity index (χ0n) is 11.5. The maximum absolute atomic E-state index is 11.4. The van der Waals surface area contributed by atoms with Crippen LogP contribution in [0.1, 0.15) is 37.0 Å². The van der Waals surface area contributed by atoms with Gasteiger partial charge in [0.05, 0.1) is 5.41 Å². The first-order valence-electron chi connectivity index (χ1n) is 6.52. The quantitative estimate of drug-likeness (QED) is 0.406. The van der Waals surface area contributed by atoms with Crippen molar-refractivity contribution in [3.8, 4) is 0 Å². The van der Waals surface area contributed by atoms with Crippen LogP contribution in [0.15, 0.2) is 41.3 Å². The van der Waals surface area contributed by atoms with Crippen molar-refractivity contribution < 1.29 is 9.59 Å². The van der Waals surface area contributed by atoms with Crippen molar-refractivity contribution in [2.24, 2.45) is 5.41 Å². The third kappa shape index (κ3) is 4.35. The molecule has 19 heavy (non-hydrogen) atoms. The molecule has 0 radical (unpaired) electrons. The molecule has 0 fully saturated rings. The highest BCUT2D eigenvalue weighted by Crippen LogP contribution is 2.32. The minimum absolute atomic E-state index is 0.434. The van der Waals surface area contributed by atoms with E-state index < -0.39 is 5.41 Å². The smallest absolute Gasteiger partial charge is 0.151 e. The van der Waals surface area contributed by atoms with Gasteiger partial charge >= 0.3 is 0 Å². The van der Waals surface area contributed by atoms with Gasteiger partial charge in [-0.1, -0.05) is 44.2 Å². The molecular formula is C16H20O2S. The Morgan fingerprint density at radius 2 is 1.95 bits per heavy atom. The standard InChI is InChI=1S/C16H20O2S/c1-3-5-10-16(4-2,12-18)13-19-15-9-7-6-8-14(15)11-17/h5-12H,3-4,13H2,1-2H3. The fourth-order valence-electron chi connectivity index (χ4n) is 1.70. The fourth-order valence-corrected chi connectivity index (χ4v) is 2.95. The van der Waals surface area contributed by atoms with E-state index in [-0.39, 0.29) is 0 Å². The summed E-state index contributed by atoms with van der Waals surface area (Å²) in [5, 5.41) is 0. The van der Waals surface area contributed by atoms with E-state index in [1.54, 1.807) is 17.8 Å². The zero-order chi connectivity index (χ0) is 14.1. The highest BCUT2D eigenvalue weighted by molar-refractivity contribution is 7.99. The molecule has 102 valence electrons. The Bertz CT molecular complexity index is 454. The van der Waals surface area contributed by atoms with Crippen LogP contribution in [0.25, 0.3) is 0 Å². The molecule has 0 heterocycles. The van der Waals surface area contributed by atoms with Crippen LogP contribution in [-0.2, 0) is 4.79 Å². The van der Waals surface area contributed by atoms with E-state index in [0.717, 1.165) is 30.3 Å². The Kier molecular flexibility index (Phi) is 6.57. The molecule has 1 aromatic rings. The maximum atomic E-state index is 11.4. The maximum Gasteiger partial charge on any atom is 0.151 e. The first-order valence-corrected chi connectivity index (χ1v) is 7.51. The van der Waals surface area contributed by atoms with Crippen LogP contribution in [-0.4, -0.2) is 18.3 Å². The number of carbonyl (C=O) groups excluding carboxylic acids is 2. The lowest BCUT2D eigenvalue weighted by molar-refractivity contribution is -0.113. The number of hydrogen-bond acceptors (Lipinski definition) is 3. The van der Waals surface area contributed by atoms with Gasteiger partial charge in [-0.2, -0.15) is 0 Å². The van der Waals surface area contributed by atoms with Crippen LogP contribution < -0.4 is 0 Å². The highest BCUT2D eigenvalue weighted by Gasteiger charge is 2.24. The summed E-state index contributed by atoms with van der Waals surface area (Å²) in [6.45, 7) is 4.07. The molecule has 0 bridgehead atoms. The Labute approximate surface area is 119 Å². The van der Waals surface area contributed by atoms with Gasteiger partial charge in [0.1, 0.15) is 6.29 Å². The minimum Gasteiger partial charge on any atom is -0.302 e.